The highest BCUT2D eigenvalue weighted by Gasteiger charge is 2.11. The number of carbonyl (C=O) groups is 1. The predicted octanol–water partition coefficient (Wildman–Crippen LogP) is 3.43. The quantitative estimate of drug-likeness (QED) is 0.830. The van der Waals surface area contributed by atoms with E-state index < -0.39 is 0 Å². The van der Waals surface area contributed by atoms with Crippen molar-refractivity contribution >= 4 is 11.6 Å². The minimum atomic E-state index is -0.0472. The second kappa shape index (κ2) is 9.02. The lowest BCUT2D eigenvalue weighted by Crippen LogP contribution is -2.33. The van der Waals surface area contributed by atoms with Crippen molar-refractivity contribution in [2.45, 2.75) is 20.8 Å². The summed E-state index contributed by atoms with van der Waals surface area (Å²) in [6.07, 6.45) is 0. The van der Waals surface area contributed by atoms with Crippen LogP contribution in [0.1, 0.15) is 22.3 Å². The molecule has 0 aliphatic heterocycles. The van der Waals surface area contributed by atoms with Crippen molar-refractivity contribution in [1.82, 2.24) is 4.90 Å². The van der Waals surface area contributed by atoms with Gasteiger partial charge in [-0.05, 0) is 57.1 Å². The Hall–Kier alpha value is -2.84. The molecule has 5 heteroatoms. The number of nitrogens with zero attached hydrogens (tertiary/aromatic N) is 2. The van der Waals surface area contributed by atoms with Crippen molar-refractivity contribution in [2.24, 2.45) is 0 Å². The first-order valence-corrected chi connectivity index (χ1v) is 8.58. The van der Waals surface area contributed by atoms with Gasteiger partial charge in [-0.15, -0.1) is 0 Å². The van der Waals surface area contributed by atoms with Gasteiger partial charge in [0.15, 0.2) is 0 Å². The van der Waals surface area contributed by atoms with Gasteiger partial charge in [-0.1, -0.05) is 23.8 Å². The minimum absolute atomic E-state index is 0.0472. The summed E-state index contributed by atoms with van der Waals surface area (Å²) in [5.41, 5.74) is 4.78. The molecular formula is C21H25N3O2. The second-order valence-electron chi connectivity index (χ2n) is 6.55. The number of rotatable bonds is 7. The van der Waals surface area contributed by atoms with E-state index in [9.17, 15) is 4.79 Å². The summed E-state index contributed by atoms with van der Waals surface area (Å²) in [7, 11) is 1.88. The SMILES string of the molecule is Cc1cc(C)c(NC(=O)CN(C)CCOc2cccc(C#N)c2)c(C)c1. The number of benzene rings is 2. The standard InChI is InChI=1S/C21H25N3O2/c1-15-10-16(2)21(17(3)11-15)23-20(25)14-24(4)8-9-26-19-7-5-6-18(12-19)13-22/h5-7,10-12H,8-9,14H2,1-4H3,(H,23,25). The van der Waals surface area contributed by atoms with E-state index in [0.29, 0.717) is 24.5 Å². The predicted molar refractivity (Wildman–Crippen MR) is 103 cm³/mol. The number of hydrogen-bond acceptors (Lipinski definition) is 4. The molecule has 1 amide bonds. The molecule has 0 saturated carbocycles. The van der Waals surface area contributed by atoms with E-state index >= 15 is 0 Å². The molecular weight excluding hydrogens is 326 g/mol. The van der Waals surface area contributed by atoms with E-state index in [1.54, 1.807) is 18.2 Å². The van der Waals surface area contributed by atoms with Crippen LogP contribution in [0.5, 0.6) is 5.75 Å². The normalized spacial score (nSPS) is 10.5. The van der Waals surface area contributed by atoms with Crippen LogP contribution < -0.4 is 10.1 Å². The van der Waals surface area contributed by atoms with Gasteiger partial charge >= 0.3 is 0 Å². The Morgan fingerprint density at radius 2 is 1.88 bits per heavy atom. The van der Waals surface area contributed by atoms with Gasteiger partial charge in [-0.2, -0.15) is 5.26 Å². The smallest absolute Gasteiger partial charge is 0.238 e. The van der Waals surface area contributed by atoms with E-state index in [1.165, 1.54) is 5.56 Å². The summed E-state index contributed by atoms with van der Waals surface area (Å²) in [6, 6.07) is 13.3. The number of aryl methyl sites for hydroxylation is 3. The Morgan fingerprint density at radius 3 is 2.54 bits per heavy atom. The summed E-state index contributed by atoms with van der Waals surface area (Å²) in [6.45, 7) is 7.39. The molecule has 0 aromatic heterocycles. The summed E-state index contributed by atoms with van der Waals surface area (Å²) in [5.74, 6) is 0.613. The lowest BCUT2D eigenvalue weighted by molar-refractivity contribution is -0.117. The highest BCUT2D eigenvalue weighted by atomic mass is 16.5. The average Bonchev–Trinajstić information content (AvgIpc) is 2.58. The van der Waals surface area contributed by atoms with E-state index in [-0.39, 0.29) is 12.5 Å². The molecule has 0 aliphatic carbocycles. The van der Waals surface area contributed by atoms with Crippen LogP contribution in [-0.2, 0) is 4.79 Å². The van der Waals surface area contributed by atoms with Gasteiger partial charge in [0.05, 0.1) is 18.2 Å². The van der Waals surface area contributed by atoms with Crippen LogP contribution in [0.15, 0.2) is 36.4 Å². The highest BCUT2D eigenvalue weighted by Crippen LogP contribution is 2.21. The van der Waals surface area contributed by atoms with E-state index in [0.717, 1.165) is 16.8 Å². The molecule has 0 heterocycles. The van der Waals surface area contributed by atoms with Crippen molar-refractivity contribution in [1.29, 1.82) is 5.26 Å². The highest BCUT2D eigenvalue weighted by molar-refractivity contribution is 5.93. The largest absolute Gasteiger partial charge is 0.492 e. The molecule has 0 saturated heterocycles. The number of amides is 1. The Balaban J connectivity index is 1.81. The lowest BCUT2D eigenvalue weighted by atomic mass is 10.1. The monoisotopic (exact) mass is 351 g/mol. The molecule has 2 aromatic rings. The number of hydrogen-bond donors (Lipinski definition) is 1. The van der Waals surface area contributed by atoms with Crippen LogP contribution in [0.4, 0.5) is 5.69 Å². The van der Waals surface area contributed by atoms with Crippen molar-refractivity contribution in [3.05, 3.63) is 58.7 Å². The molecule has 2 aromatic carbocycles. The van der Waals surface area contributed by atoms with Crippen LogP contribution in [0.2, 0.25) is 0 Å². The fourth-order valence-corrected chi connectivity index (χ4v) is 2.86. The van der Waals surface area contributed by atoms with Crippen molar-refractivity contribution in [3.63, 3.8) is 0 Å². The van der Waals surface area contributed by atoms with E-state index in [4.69, 9.17) is 10.00 Å². The Bertz CT molecular complexity index is 801. The third-order valence-electron chi connectivity index (χ3n) is 4.06. The number of anilines is 1. The Labute approximate surface area is 155 Å². The van der Waals surface area contributed by atoms with Crippen molar-refractivity contribution in [2.75, 3.05) is 32.1 Å². The summed E-state index contributed by atoms with van der Waals surface area (Å²) in [4.78, 5) is 14.2. The lowest BCUT2D eigenvalue weighted by Gasteiger charge is -2.18. The zero-order chi connectivity index (χ0) is 19.1. The maximum absolute atomic E-state index is 12.3. The molecule has 2 rings (SSSR count). The molecule has 0 fully saturated rings. The van der Waals surface area contributed by atoms with Gasteiger partial charge in [0.1, 0.15) is 12.4 Å². The second-order valence-corrected chi connectivity index (χ2v) is 6.55. The fraction of sp³-hybridized carbons (Fsp3) is 0.333. The van der Waals surface area contributed by atoms with E-state index in [1.807, 2.05) is 38.8 Å². The van der Waals surface area contributed by atoms with Crippen LogP contribution >= 0.6 is 0 Å². The first-order chi connectivity index (χ1) is 12.4. The third-order valence-corrected chi connectivity index (χ3v) is 4.06. The summed E-state index contributed by atoms with van der Waals surface area (Å²) < 4.78 is 5.65. The maximum Gasteiger partial charge on any atom is 0.238 e. The van der Waals surface area contributed by atoms with Crippen LogP contribution in [0.3, 0.4) is 0 Å². The van der Waals surface area contributed by atoms with Gasteiger partial charge in [-0.3, -0.25) is 9.69 Å². The minimum Gasteiger partial charge on any atom is -0.492 e. The number of carbonyl (C=O) groups excluding carboxylic acids is 1. The Morgan fingerprint density at radius 1 is 1.19 bits per heavy atom. The van der Waals surface area contributed by atoms with Gasteiger partial charge in [0.2, 0.25) is 5.91 Å². The number of ether oxygens (including phenoxy) is 1. The molecule has 26 heavy (non-hydrogen) atoms. The number of nitriles is 1. The molecule has 0 aliphatic rings. The average molecular weight is 351 g/mol. The van der Waals surface area contributed by atoms with Gasteiger partial charge in [0, 0.05) is 12.2 Å². The number of likely N-dealkylation sites (N-methyl/N-ethyl adjacent to an activating group) is 1. The number of nitrogens with one attached hydrogen (secondary N) is 1. The van der Waals surface area contributed by atoms with Gasteiger partial charge in [0.25, 0.3) is 0 Å². The molecule has 0 radical (unpaired) electrons. The van der Waals surface area contributed by atoms with Crippen molar-refractivity contribution in [3.8, 4) is 11.8 Å². The Kier molecular flexibility index (Phi) is 6.76. The fourth-order valence-electron chi connectivity index (χ4n) is 2.86. The van der Waals surface area contributed by atoms with Crippen molar-refractivity contribution < 1.29 is 9.53 Å². The first kappa shape index (κ1) is 19.5. The molecule has 136 valence electrons. The molecule has 0 atom stereocenters. The molecule has 1 N–H and O–H groups in total. The molecule has 0 unspecified atom stereocenters. The van der Waals surface area contributed by atoms with Crippen LogP contribution in [0.25, 0.3) is 0 Å². The third kappa shape index (κ3) is 5.61. The van der Waals surface area contributed by atoms with Gasteiger partial charge < -0.3 is 10.1 Å². The summed E-state index contributed by atoms with van der Waals surface area (Å²) in [5, 5.41) is 11.9. The summed E-state index contributed by atoms with van der Waals surface area (Å²) >= 11 is 0. The zero-order valence-electron chi connectivity index (χ0n) is 15.8. The van der Waals surface area contributed by atoms with E-state index in [2.05, 4.69) is 23.5 Å². The zero-order valence-corrected chi connectivity index (χ0v) is 15.8. The molecule has 5 nitrogen and oxygen atoms in total. The van der Waals surface area contributed by atoms with Gasteiger partial charge in [-0.25, -0.2) is 0 Å². The molecule has 0 spiro atoms. The first-order valence-electron chi connectivity index (χ1n) is 8.58. The topological polar surface area (TPSA) is 65.4 Å². The van der Waals surface area contributed by atoms with Crippen LogP contribution in [0, 0.1) is 32.1 Å². The molecule has 0 bridgehead atoms. The maximum atomic E-state index is 12.3. The van der Waals surface area contributed by atoms with Crippen LogP contribution in [-0.4, -0.2) is 37.6 Å².